The zero-order valence-electron chi connectivity index (χ0n) is 20.9. The highest BCUT2D eigenvalue weighted by molar-refractivity contribution is 7.98. The Morgan fingerprint density at radius 2 is 1.89 bits per heavy atom. The SMILES string of the molecule is CSc1cc(C#N)ccc1C1C2=C(CCCC2=O)N(c2cccc(C(F)(F)F)c2)C(=O)N1C(=O)NC(C)C. The number of thioether (sulfide) groups is 1. The first-order chi connectivity index (χ1) is 18.0. The number of allylic oxidation sites excluding steroid dienone is 1. The fourth-order valence-electron chi connectivity index (χ4n) is 4.76. The first kappa shape index (κ1) is 27.3. The number of ketones is 1. The van der Waals surface area contributed by atoms with Gasteiger partial charge in [0.05, 0.1) is 28.9 Å². The summed E-state index contributed by atoms with van der Waals surface area (Å²) in [5, 5.41) is 12.1. The van der Waals surface area contributed by atoms with Gasteiger partial charge in [-0.25, -0.2) is 14.5 Å². The van der Waals surface area contributed by atoms with Crippen LogP contribution in [0.4, 0.5) is 28.4 Å². The van der Waals surface area contributed by atoms with Crippen molar-refractivity contribution in [1.82, 2.24) is 10.2 Å². The van der Waals surface area contributed by atoms with Crippen LogP contribution in [0.25, 0.3) is 0 Å². The molecule has 7 nitrogen and oxygen atoms in total. The minimum absolute atomic E-state index is 0.0854. The van der Waals surface area contributed by atoms with Crippen LogP contribution in [-0.2, 0) is 11.0 Å². The molecular weight excluding hydrogens is 517 g/mol. The van der Waals surface area contributed by atoms with Gasteiger partial charge in [-0.2, -0.15) is 18.4 Å². The molecule has 1 atom stereocenters. The van der Waals surface area contributed by atoms with Crippen LogP contribution in [0.1, 0.15) is 55.8 Å². The van der Waals surface area contributed by atoms with Gasteiger partial charge < -0.3 is 5.32 Å². The van der Waals surface area contributed by atoms with Crippen molar-refractivity contribution in [2.45, 2.75) is 56.3 Å². The van der Waals surface area contributed by atoms with Gasteiger partial charge in [-0.15, -0.1) is 11.8 Å². The van der Waals surface area contributed by atoms with Crippen LogP contribution < -0.4 is 10.2 Å². The molecule has 1 aliphatic carbocycles. The van der Waals surface area contributed by atoms with E-state index in [-0.39, 0.29) is 41.6 Å². The Morgan fingerprint density at radius 1 is 1.16 bits per heavy atom. The molecular formula is C27H25F3N4O3S. The Bertz CT molecular complexity index is 1380. The number of anilines is 1. The Balaban J connectivity index is 2.01. The van der Waals surface area contributed by atoms with E-state index in [1.54, 1.807) is 38.3 Å². The van der Waals surface area contributed by atoms with Crippen molar-refractivity contribution in [1.29, 1.82) is 5.26 Å². The number of hydrogen-bond donors (Lipinski definition) is 1. The number of carbonyl (C=O) groups excluding carboxylic acids is 3. The van der Waals surface area contributed by atoms with E-state index < -0.39 is 29.8 Å². The Hall–Kier alpha value is -3.78. The van der Waals surface area contributed by atoms with Gasteiger partial charge in [-0.05, 0) is 68.8 Å². The van der Waals surface area contributed by atoms with E-state index in [0.29, 0.717) is 22.4 Å². The van der Waals surface area contributed by atoms with Crippen molar-refractivity contribution >= 4 is 35.3 Å². The Labute approximate surface area is 222 Å². The second kappa shape index (κ2) is 10.5. The third-order valence-electron chi connectivity index (χ3n) is 6.35. The molecule has 0 saturated carbocycles. The van der Waals surface area contributed by atoms with Crippen LogP contribution in [0.5, 0.6) is 0 Å². The van der Waals surface area contributed by atoms with E-state index in [1.165, 1.54) is 23.9 Å². The fourth-order valence-corrected chi connectivity index (χ4v) is 5.42. The summed E-state index contributed by atoms with van der Waals surface area (Å²) in [7, 11) is 0. The lowest BCUT2D eigenvalue weighted by Gasteiger charge is -2.44. The van der Waals surface area contributed by atoms with Gasteiger partial charge in [0.15, 0.2) is 5.78 Å². The van der Waals surface area contributed by atoms with Crippen LogP contribution in [-0.4, -0.2) is 35.0 Å². The number of Topliss-reactive ketones (excluding diaryl/α,β-unsaturated/α-hetero) is 1. The minimum Gasteiger partial charge on any atom is -0.335 e. The molecule has 0 spiro atoms. The molecule has 1 unspecified atom stereocenters. The van der Waals surface area contributed by atoms with Gasteiger partial charge >= 0.3 is 18.2 Å². The summed E-state index contributed by atoms with van der Waals surface area (Å²) in [4.78, 5) is 43.6. The number of imide groups is 1. The van der Waals surface area contributed by atoms with E-state index in [2.05, 4.69) is 11.4 Å². The predicted molar refractivity (Wildman–Crippen MR) is 136 cm³/mol. The molecule has 1 heterocycles. The summed E-state index contributed by atoms with van der Waals surface area (Å²) in [6.07, 6.45) is -2.03. The van der Waals surface area contributed by atoms with Crippen molar-refractivity contribution < 1.29 is 27.6 Å². The van der Waals surface area contributed by atoms with E-state index >= 15 is 0 Å². The molecule has 1 aliphatic heterocycles. The van der Waals surface area contributed by atoms with Crippen LogP contribution >= 0.6 is 11.8 Å². The maximum Gasteiger partial charge on any atom is 0.416 e. The second-order valence-electron chi connectivity index (χ2n) is 9.25. The standard InChI is InChI=1S/C27H25F3N4O3S/c1-15(2)32-25(36)34-24(19-11-10-16(14-31)12-22(19)38-3)23-20(8-5-9-21(23)35)33(26(34)37)18-7-4-6-17(13-18)27(28,29)30/h4,6-7,10-13,15,24H,5,8-9H2,1-3H3,(H,32,36). The lowest BCUT2D eigenvalue weighted by molar-refractivity contribution is -0.137. The van der Waals surface area contributed by atoms with Crippen molar-refractivity contribution in [2.24, 2.45) is 0 Å². The number of rotatable bonds is 4. The number of nitrogens with zero attached hydrogens (tertiary/aromatic N) is 3. The van der Waals surface area contributed by atoms with Gasteiger partial charge in [0.25, 0.3) is 0 Å². The number of nitrogens with one attached hydrogen (secondary N) is 1. The average Bonchev–Trinajstić information content (AvgIpc) is 2.86. The van der Waals surface area contributed by atoms with E-state index in [1.807, 2.05) is 0 Å². The molecule has 2 aliphatic rings. The third kappa shape index (κ3) is 5.00. The van der Waals surface area contributed by atoms with Crippen LogP contribution in [0.15, 0.2) is 58.6 Å². The van der Waals surface area contributed by atoms with Gasteiger partial charge in [-0.3, -0.25) is 9.69 Å². The summed E-state index contributed by atoms with van der Waals surface area (Å²) >= 11 is 1.30. The first-order valence-electron chi connectivity index (χ1n) is 11.9. The molecule has 0 radical (unpaired) electrons. The number of hydrogen-bond acceptors (Lipinski definition) is 5. The lowest BCUT2D eigenvalue weighted by Crippen LogP contribution is -2.57. The number of carbonyl (C=O) groups is 3. The average molecular weight is 543 g/mol. The smallest absolute Gasteiger partial charge is 0.335 e. The van der Waals surface area contributed by atoms with E-state index in [9.17, 15) is 32.8 Å². The molecule has 1 N–H and O–H groups in total. The molecule has 2 aromatic carbocycles. The fraction of sp³-hybridized carbons (Fsp3) is 0.333. The Kier molecular flexibility index (Phi) is 7.56. The molecule has 0 aromatic heterocycles. The largest absolute Gasteiger partial charge is 0.416 e. The number of alkyl halides is 3. The lowest BCUT2D eigenvalue weighted by atomic mass is 9.83. The number of urea groups is 2. The molecule has 4 amide bonds. The van der Waals surface area contributed by atoms with Crippen LogP contribution in [0.3, 0.4) is 0 Å². The monoisotopic (exact) mass is 542 g/mol. The highest BCUT2D eigenvalue weighted by atomic mass is 32.2. The normalized spacial score (nSPS) is 18.0. The summed E-state index contributed by atoms with van der Waals surface area (Å²) in [5.74, 6) is -0.292. The number of amides is 4. The zero-order valence-corrected chi connectivity index (χ0v) is 21.7. The van der Waals surface area contributed by atoms with Crippen molar-refractivity contribution in [3.8, 4) is 6.07 Å². The van der Waals surface area contributed by atoms with Gasteiger partial charge in [0.2, 0.25) is 0 Å². The van der Waals surface area contributed by atoms with E-state index in [0.717, 1.165) is 21.9 Å². The van der Waals surface area contributed by atoms with E-state index in [4.69, 9.17) is 0 Å². The quantitative estimate of drug-likeness (QED) is 0.451. The van der Waals surface area contributed by atoms with Gasteiger partial charge in [0, 0.05) is 28.6 Å². The second-order valence-corrected chi connectivity index (χ2v) is 10.1. The summed E-state index contributed by atoms with van der Waals surface area (Å²) in [5.41, 5.74) is 0.276. The molecule has 38 heavy (non-hydrogen) atoms. The van der Waals surface area contributed by atoms with Crippen molar-refractivity contribution in [2.75, 3.05) is 11.2 Å². The van der Waals surface area contributed by atoms with Crippen LogP contribution in [0, 0.1) is 11.3 Å². The Morgan fingerprint density at radius 3 is 2.53 bits per heavy atom. The molecule has 0 bridgehead atoms. The predicted octanol–water partition coefficient (Wildman–Crippen LogP) is 6.41. The van der Waals surface area contributed by atoms with Crippen molar-refractivity contribution in [3.05, 3.63) is 70.4 Å². The third-order valence-corrected chi connectivity index (χ3v) is 7.14. The maximum absolute atomic E-state index is 14.1. The summed E-state index contributed by atoms with van der Waals surface area (Å²) in [6, 6.07) is 8.00. The molecule has 11 heteroatoms. The van der Waals surface area contributed by atoms with Gasteiger partial charge in [-0.1, -0.05) is 12.1 Å². The zero-order chi connectivity index (χ0) is 27.8. The van der Waals surface area contributed by atoms with Crippen molar-refractivity contribution in [3.63, 3.8) is 0 Å². The number of benzene rings is 2. The maximum atomic E-state index is 14.1. The highest BCUT2D eigenvalue weighted by Gasteiger charge is 2.48. The van der Waals surface area contributed by atoms with Gasteiger partial charge in [0.1, 0.15) is 0 Å². The molecule has 198 valence electrons. The first-order valence-corrected chi connectivity index (χ1v) is 13.2. The molecule has 0 saturated heterocycles. The highest BCUT2D eigenvalue weighted by Crippen LogP contribution is 2.46. The summed E-state index contributed by atoms with van der Waals surface area (Å²) in [6.45, 7) is 3.41. The molecule has 4 rings (SSSR count). The summed E-state index contributed by atoms with van der Waals surface area (Å²) < 4.78 is 40.6. The minimum atomic E-state index is -4.65. The number of halogens is 3. The topological polar surface area (TPSA) is 93.5 Å². The molecule has 0 fully saturated rings. The molecule has 2 aromatic rings. The van der Waals surface area contributed by atoms with Crippen LogP contribution in [0.2, 0.25) is 0 Å². The number of nitriles is 1.